The summed E-state index contributed by atoms with van der Waals surface area (Å²) in [4.78, 5) is 6.25. The second-order valence-electron chi connectivity index (χ2n) is 4.91. The van der Waals surface area contributed by atoms with Crippen molar-refractivity contribution in [2.24, 2.45) is 0 Å². The summed E-state index contributed by atoms with van der Waals surface area (Å²) in [5.41, 5.74) is 0.211. The number of anilines is 1. The first-order chi connectivity index (χ1) is 10.00. The lowest BCUT2D eigenvalue weighted by atomic mass is 10.3. The molecule has 0 amide bonds. The van der Waals surface area contributed by atoms with Crippen molar-refractivity contribution in [2.45, 2.75) is 6.42 Å². The summed E-state index contributed by atoms with van der Waals surface area (Å²) in [5.74, 6) is 1.13. The van der Waals surface area contributed by atoms with Gasteiger partial charge in [-0.2, -0.15) is 5.26 Å². The third-order valence-corrected chi connectivity index (χ3v) is 5.26. The number of nitrogens with zero attached hydrogens (tertiary/aromatic N) is 3. The molecule has 2 heterocycles. The maximum atomic E-state index is 11.3. The number of pyridine rings is 1. The number of hydrogen-bond acceptors (Lipinski definition) is 6. The maximum Gasteiger partial charge on any atom is 0.161 e. The van der Waals surface area contributed by atoms with E-state index in [-0.39, 0.29) is 17.2 Å². The molecule has 114 valence electrons. The highest BCUT2D eigenvalue weighted by Gasteiger charge is 2.20. The minimum atomic E-state index is -2.81. The van der Waals surface area contributed by atoms with Gasteiger partial charge in [-0.05, 0) is 25.1 Å². The molecule has 1 saturated heterocycles. The number of nitriles is 1. The highest BCUT2D eigenvalue weighted by atomic mass is 35.5. The van der Waals surface area contributed by atoms with E-state index in [1.165, 1.54) is 0 Å². The van der Waals surface area contributed by atoms with Gasteiger partial charge in [0.2, 0.25) is 0 Å². The Morgan fingerprint density at radius 2 is 2.10 bits per heavy atom. The lowest BCUT2D eigenvalue weighted by Gasteiger charge is -2.26. The van der Waals surface area contributed by atoms with E-state index in [1.54, 1.807) is 12.1 Å². The number of hydrogen-bond donors (Lipinski definition) is 1. The van der Waals surface area contributed by atoms with E-state index in [4.69, 9.17) is 16.9 Å². The quantitative estimate of drug-likeness (QED) is 0.816. The largest absolute Gasteiger partial charge is 0.370 e. The lowest BCUT2D eigenvalue weighted by Crippen LogP contribution is -2.41. The molecule has 6 nitrogen and oxygen atoms in total. The number of nitrogens with one attached hydrogen (secondary N) is 1. The van der Waals surface area contributed by atoms with Gasteiger partial charge in [0.1, 0.15) is 11.9 Å². The van der Waals surface area contributed by atoms with E-state index >= 15 is 0 Å². The fraction of sp³-hybridized carbons (Fsp3) is 0.538. The van der Waals surface area contributed by atoms with Crippen molar-refractivity contribution in [1.82, 2.24) is 9.88 Å². The average Bonchev–Trinajstić information content (AvgIpc) is 2.46. The van der Waals surface area contributed by atoms with Crippen molar-refractivity contribution in [3.8, 4) is 6.07 Å². The van der Waals surface area contributed by atoms with Crippen molar-refractivity contribution in [3.05, 3.63) is 22.8 Å². The van der Waals surface area contributed by atoms with E-state index in [2.05, 4.69) is 15.2 Å². The number of sulfone groups is 1. The molecule has 0 unspecified atom stereocenters. The molecule has 0 radical (unpaired) electrons. The van der Waals surface area contributed by atoms with Gasteiger partial charge in [-0.1, -0.05) is 11.6 Å². The van der Waals surface area contributed by atoms with E-state index in [1.807, 2.05) is 6.07 Å². The predicted molar refractivity (Wildman–Crippen MR) is 82.2 cm³/mol. The first-order valence-corrected chi connectivity index (χ1v) is 8.93. The smallest absolute Gasteiger partial charge is 0.161 e. The molecule has 0 spiro atoms. The Kier molecular flexibility index (Phi) is 5.39. The van der Waals surface area contributed by atoms with E-state index in [0.29, 0.717) is 30.5 Å². The van der Waals surface area contributed by atoms with Crippen molar-refractivity contribution in [1.29, 1.82) is 5.26 Å². The highest BCUT2D eigenvalue weighted by molar-refractivity contribution is 7.91. The Labute approximate surface area is 129 Å². The summed E-state index contributed by atoms with van der Waals surface area (Å²) in [6.07, 6.45) is 0.881. The maximum absolute atomic E-state index is 11.3. The molecule has 8 heteroatoms. The van der Waals surface area contributed by atoms with Crippen LogP contribution in [-0.2, 0) is 9.84 Å². The van der Waals surface area contributed by atoms with Gasteiger partial charge < -0.3 is 10.2 Å². The molecule has 21 heavy (non-hydrogen) atoms. The molecule has 1 N–H and O–H groups in total. The van der Waals surface area contributed by atoms with E-state index < -0.39 is 9.84 Å². The molecule has 0 atom stereocenters. The lowest BCUT2D eigenvalue weighted by molar-refractivity contribution is 0.294. The third-order valence-electron chi connectivity index (χ3n) is 3.35. The van der Waals surface area contributed by atoms with Crippen LogP contribution in [0.2, 0.25) is 5.02 Å². The van der Waals surface area contributed by atoms with Gasteiger partial charge in [-0.3, -0.25) is 0 Å². The minimum absolute atomic E-state index is 0.211. The summed E-state index contributed by atoms with van der Waals surface area (Å²) in [6, 6.07) is 5.31. The van der Waals surface area contributed by atoms with E-state index in [9.17, 15) is 8.42 Å². The standard InChI is InChI=1S/C13H17ClN4O2S/c14-11-2-3-13(17-12(11)10-15)16-4-1-5-18-6-8-21(19,20)9-7-18/h2-3H,1,4-9H2,(H,16,17). The fourth-order valence-electron chi connectivity index (χ4n) is 2.11. The first-order valence-electron chi connectivity index (χ1n) is 6.73. The van der Waals surface area contributed by atoms with Crippen LogP contribution in [0.3, 0.4) is 0 Å². The highest BCUT2D eigenvalue weighted by Crippen LogP contribution is 2.15. The molecule has 0 bridgehead atoms. The minimum Gasteiger partial charge on any atom is -0.370 e. The van der Waals surface area contributed by atoms with Crippen molar-refractivity contribution in [2.75, 3.05) is 43.0 Å². The molecule has 0 aromatic carbocycles. The zero-order valence-corrected chi connectivity index (χ0v) is 13.1. The van der Waals surface area contributed by atoms with Gasteiger partial charge in [0.15, 0.2) is 15.5 Å². The molecule has 0 saturated carbocycles. The van der Waals surface area contributed by atoms with Crippen molar-refractivity contribution < 1.29 is 8.42 Å². The molecule has 2 rings (SSSR count). The summed E-state index contributed by atoms with van der Waals surface area (Å²) < 4.78 is 22.6. The zero-order chi connectivity index (χ0) is 15.3. The molecular formula is C13H17ClN4O2S. The normalized spacial score (nSPS) is 18.1. The second kappa shape index (κ2) is 7.07. The van der Waals surface area contributed by atoms with Gasteiger partial charge >= 0.3 is 0 Å². The van der Waals surface area contributed by atoms with Gasteiger partial charge in [-0.15, -0.1) is 0 Å². The van der Waals surface area contributed by atoms with Crippen LogP contribution in [-0.4, -0.2) is 56.0 Å². The molecule has 1 aromatic heterocycles. The predicted octanol–water partition coefficient (Wildman–Crippen LogP) is 1.14. The fourth-order valence-corrected chi connectivity index (χ4v) is 3.54. The SMILES string of the molecule is N#Cc1nc(NCCCN2CCS(=O)(=O)CC2)ccc1Cl. The van der Waals surface area contributed by atoms with Gasteiger partial charge in [0.05, 0.1) is 16.5 Å². The van der Waals surface area contributed by atoms with Crippen LogP contribution in [0.1, 0.15) is 12.1 Å². The van der Waals surface area contributed by atoms with Crippen LogP contribution < -0.4 is 5.32 Å². The monoisotopic (exact) mass is 328 g/mol. The van der Waals surface area contributed by atoms with Crippen LogP contribution >= 0.6 is 11.6 Å². The Bertz CT molecular complexity index is 628. The van der Waals surface area contributed by atoms with Crippen LogP contribution in [0.4, 0.5) is 5.82 Å². The second-order valence-corrected chi connectivity index (χ2v) is 7.62. The van der Waals surface area contributed by atoms with Gasteiger partial charge in [-0.25, -0.2) is 13.4 Å². The Hall–Kier alpha value is -1.36. The Balaban J connectivity index is 1.72. The van der Waals surface area contributed by atoms with Crippen molar-refractivity contribution >= 4 is 27.3 Å². The number of rotatable bonds is 5. The molecule has 1 fully saturated rings. The van der Waals surface area contributed by atoms with Crippen LogP contribution in [0.25, 0.3) is 0 Å². The third kappa shape index (κ3) is 4.84. The first kappa shape index (κ1) is 16.0. The van der Waals surface area contributed by atoms with Crippen molar-refractivity contribution in [3.63, 3.8) is 0 Å². The zero-order valence-electron chi connectivity index (χ0n) is 11.5. The van der Waals surface area contributed by atoms with Gasteiger partial charge in [0.25, 0.3) is 0 Å². The van der Waals surface area contributed by atoms with Crippen LogP contribution in [0.5, 0.6) is 0 Å². The number of aromatic nitrogens is 1. The average molecular weight is 329 g/mol. The van der Waals surface area contributed by atoms with Gasteiger partial charge in [0, 0.05) is 19.6 Å². The Morgan fingerprint density at radius 3 is 2.76 bits per heavy atom. The summed E-state index contributed by atoms with van der Waals surface area (Å²) in [5, 5.41) is 12.3. The molecule has 1 aromatic rings. The Morgan fingerprint density at radius 1 is 1.38 bits per heavy atom. The topological polar surface area (TPSA) is 86.1 Å². The van der Waals surface area contributed by atoms with Crippen LogP contribution in [0, 0.1) is 11.3 Å². The summed E-state index contributed by atoms with van der Waals surface area (Å²) in [6.45, 7) is 2.78. The summed E-state index contributed by atoms with van der Waals surface area (Å²) in [7, 11) is -2.81. The summed E-state index contributed by atoms with van der Waals surface area (Å²) >= 11 is 5.81. The molecular weight excluding hydrogens is 312 g/mol. The molecule has 0 aliphatic carbocycles. The van der Waals surface area contributed by atoms with Crippen LogP contribution in [0.15, 0.2) is 12.1 Å². The van der Waals surface area contributed by atoms with E-state index in [0.717, 1.165) is 13.0 Å². The molecule has 1 aliphatic heterocycles. The molecule has 1 aliphatic rings. The number of halogens is 1.